The number of nitrogens with zero attached hydrogens (tertiary/aromatic N) is 2. The summed E-state index contributed by atoms with van der Waals surface area (Å²) in [6, 6.07) is 13.7. The summed E-state index contributed by atoms with van der Waals surface area (Å²) in [4.78, 5) is 30.7. The molecule has 0 N–H and O–H groups in total. The van der Waals surface area contributed by atoms with Crippen molar-refractivity contribution in [2.24, 2.45) is 0 Å². The fourth-order valence-corrected chi connectivity index (χ4v) is 5.47. The van der Waals surface area contributed by atoms with Gasteiger partial charge in [0.1, 0.15) is 0 Å². The van der Waals surface area contributed by atoms with Gasteiger partial charge in [0.05, 0.1) is 12.2 Å². The molecule has 0 bridgehead atoms. The summed E-state index contributed by atoms with van der Waals surface area (Å²) in [5.74, 6) is 0.0219. The van der Waals surface area contributed by atoms with Crippen LogP contribution < -0.4 is 4.90 Å². The number of rotatable bonds is 8. The molecule has 0 saturated carbocycles. The maximum absolute atomic E-state index is 13.4. The van der Waals surface area contributed by atoms with Gasteiger partial charge in [-0.05, 0) is 81.1 Å². The number of carbonyl (C=O) groups is 2. The third kappa shape index (κ3) is 4.18. The summed E-state index contributed by atoms with van der Waals surface area (Å²) in [6.07, 6.45) is 4.07. The van der Waals surface area contributed by atoms with E-state index in [1.165, 1.54) is 5.56 Å². The average molecular weight is 435 g/mol. The van der Waals surface area contributed by atoms with E-state index in [-0.39, 0.29) is 17.8 Å². The summed E-state index contributed by atoms with van der Waals surface area (Å²) >= 11 is 0. The van der Waals surface area contributed by atoms with Crippen molar-refractivity contribution < 1.29 is 14.3 Å². The summed E-state index contributed by atoms with van der Waals surface area (Å²) in [5, 5.41) is 0. The van der Waals surface area contributed by atoms with Crippen molar-refractivity contribution in [2.45, 2.75) is 58.4 Å². The first-order valence-electron chi connectivity index (χ1n) is 12.0. The van der Waals surface area contributed by atoms with Gasteiger partial charge in [-0.25, -0.2) is 4.79 Å². The molecule has 2 atom stereocenters. The lowest BCUT2D eigenvalue weighted by molar-refractivity contribution is 0.0523. The van der Waals surface area contributed by atoms with Crippen molar-refractivity contribution in [3.05, 3.63) is 64.7 Å². The quantitative estimate of drug-likeness (QED) is 0.546. The Bertz CT molecular complexity index is 966. The van der Waals surface area contributed by atoms with Crippen LogP contribution in [0.1, 0.15) is 77.8 Å². The molecular weight excluding hydrogens is 400 g/mol. The monoisotopic (exact) mass is 434 g/mol. The molecule has 1 aliphatic carbocycles. The van der Waals surface area contributed by atoms with Crippen LogP contribution in [0.3, 0.4) is 0 Å². The topological polar surface area (TPSA) is 49.9 Å². The van der Waals surface area contributed by atoms with Crippen molar-refractivity contribution in [3.63, 3.8) is 0 Å². The summed E-state index contributed by atoms with van der Waals surface area (Å²) in [6.45, 7) is 9.43. The van der Waals surface area contributed by atoms with Crippen LogP contribution >= 0.6 is 0 Å². The van der Waals surface area contributed by atoms with Gasteiger partial charge in [0.2, 0.25) is 0 Å². The van der Waals surface area contributed by atoms with Crippen LogP contribution in [0.2, 0.25) is 0 Å². The van der Waals surface area contributed by atoms with Gasteiger partial charge in [-0.15, -0.1) is 0 Å². The first kappa shape index (κ1) is 22.5. The van der Waals surface area contributed by atoms with Crippen LogP contribution in [0.15, 0.2) is 42.5 Å². The molecule has 5 heteroatoms. The Morgan fingerprint density at radius 3 is 2.41 bits per heavy atom. The number of amides is 1. The van der Waals surface area contributed by atoms with Crippen molar-refractivity contribution in [1.29, 1.82) is 0 Å². The molecule has 5 nitrogen and oxygen atoms in total. The van der Waals surface area contributed by atoms with Gasteiger partial charge in [-0.1, -0.05) is 32.0 Å². The number of anilines is 1. The van der Waals surface area contributed by atoms with Crippen LogP contribution in [0.5, 0.6) is 0 Å². The highest BCUT2D eigenvalue weighted by Crippen LogP contribution is 2.47. The molecule has 0 saturated heterocycles. The fourth-order valence-electron chi connectivity index (χ4n) is 5.47. The van der Waals surface area contributed by atoms with Crippen molar-refractivity contribution >= 4 is 17.6 Å². The lowest BCUT2D eigenvalue weighted by Gasteiger charge is -2.37. The molecule has 1 amide bonds. The van der Waals surface area contributed by atoms with E-state index < -0.39 is 0 Å². The molecule has 0 aromatic heterocycles. The van der Waals surface area contributed by atoms with E-state index in [0.717, 1.165) is 50.0 Å². The summed E-state index contributed by atoms with van der Waals surface area (Å²) < 4.78 is 5.39. The third-order valence-corrected chi connectivity index (χ3v) is 6.73. The minimum Gasteiger partial charge on any atom is -0.462 e. The molecule has 0 spiro atoms. The maximum Gasteiger partial charge on any atom is 0.338 e. The molecule has 0 radical (unpaired) electrons. The Balaban J connectivity index is 1.74. The zero-order valence-electron chi connectivity index (χ0n) is 19.5. The van der Waals surface area contributed by atoms with E-state index in [1.54, 1.807) is 0 Å². The molecule has 0 fully saturated rings. The van der Waals surface area contributed by atoms with E-state index in [9.17, 15) is 9.59 Å². The lowest BCUT2D eigenvalue weighted by atomic mass is 9.78. The normalized spacial score (nSPS) is 19.2. The second-order valence-corrected chi connectivity index (χ2v) is 8.85. The largest absolute Gasteiger partial charge is 0.462 e. The molecule has 4 rings (SSSR count). The number of hydrogen-bond donors (Lipinski definition) is 0. The van der Waals surface area contributed by atoms with Gasteiger partial charge < -0.3 is 14.5 Å². The molecule has 1 aliphatic heterocycles. The van der Waals surface area contributed by atoms with E-state index in [0.29, 0.717) is 30.3 Å². The van der Waals surface area contributed by atoms with Crippen LogP contribution in [0.4, 0.5) is 5.69 Å². The second-order valence-electron chi connectivity index (χ2n) is 8.85. The first-order chi connectivity index (χ1) is 15.6. The number of hydrogen-bond acceptors (Lipinski definition) is 4. The Morgan fingerprint density at radius 1 is 1.03 bits per heavy atom. The minimum absolute atomic E-state index is 0.0293. The maximum atomic E-state index is 13.4. The smallest absolute Gasteiger partial charge is 0.338 e. The van der Waals surface area contributed by atoms with E-state index in [1.807, 2.05) is 54.3 Å². The molecule has 2 aliphatic rings. The van der Waals surface area contributed by atoms with Crippen LogP contribution in [-0.4, -0.2) is 49.1 Å². The van der Waals surface area contributed by atoms with E-state index >= 15 is 0 Å². The Morgan fingerprint density at radius 2 is 1.75 bits per heavy atom. The molecule has 0 unspecified atom stereocenters. The zero-order chi connectivity index (χ0) is 22.7. The Hall–Kier alpha value is -2.66. The van der Waals surface area contributed by atoms with Gasteiger partial charge in [-0.3, -0.25) is 4.79 Å². The van der Waals surface area contributed by atoms with Crippen LogP contribution in [-0.2, 0) is 11.2 Å². The number of benzene rings is 2. The standard InChI is InChI=1S/C27H34N2O3/c1-4-14-28(15-5-2)21-16-20-18-29(26(30)19-10-8-7-9-11-19)24-13-12-22(27(31)32-6-3)23(17-21)25(20)24/h7-13,20-21H,4-6,14-18H2,1-3H3/t20-,21-/m0/s1. The number of esters is 1. The highest BCUT2D eigenvalue weighted by atomic mass is 16.5. The molecule has 1 heterocycles. The van der Waals surface area contributed by atoms with Crippen molar-refractivity contribution in [1.82, 2.24) is 4.90 Å². The summed E-state index contributed by atoms with van der Waals surface area (Å²) in [5.41, 5.74) is 4.60. The van der Waals surface area contributed by atoms with Gasteiger partial charge >= 0.3 is 5.97 Å². The van der Waals surface area contributed by atoms with Gasteiger partial charge in [0.25, 0.3) is 5.91 Å². The zero-order valence-corrected chi connectivity index (χ0v) is 19.5. The average Bonchev–Trinajstić information content (AvgIpc) is 3.19. The van der Waals surface area contributed by atoms with E-state index in [4.69, 9.17) is 4.74 Å². The predicted octanol–water partition coefficient (Wildman–Crippen LogP) is 5.04. The lowest BCUT2D eigenvalue weighted by Crippen LogP contribution is -2.42. The van der Waals surface area contributed by atoms with Gasteiger partial charge in [-0.2, -0.15) is 0 Å². The van der Waals surface area contributed by atoms with Crippen LogP contribution in [0, 0.1) is 0 Å². The van der Waals surface area contributed by atoms with Gasteiger partial charge in [0.15, 0.2) is 0 Å². The second kappa shape index (κ2) is 9.86. The summed E-state index contributed by atoms with van der Waals surface area (Å²) in [7, 11) is 0. The number of ether oxygens (including phenoxy) is 1. The highest BCUT2D eigenvalue weighted by molar-refractivity contribution is 6.08. The van der Waals surface area contributed by atoms with Crippen molar-refractivity contribution in [2.75, 3.05) is 31.1 Å². The molecular formula is C27H34N2O3. The van der Waals surface area contributed by atoms with Crippen LogP contribution in [0.25, 0.3) is 0 Å². The molecule has 2 aromatic carbocycles. The first-order valence-corrected chi connectivity index (χ1v) is 12.0. The third-order valence-electron chi connectivity index (χ3n) is 6.73. The fraction of sp³-hybridized carbons (Fsp3) is 0.481. The van der Waals surface area contributed by atoms with E-state index in [2.05, 4.69) is 18.7 Å². The Labute approximate surface area is 191 Å². The number of carbonyl (C=O) groups excluding carboxylic acids is 2. The Kier molecular flexibility index (Phi) is 6.95. The predicted molar refractivity (Wildman–Crippen MR) is 128 cm³/mol. The molecule has 2 aromatic rings. The van der Waals surface area contributed by atoms with Crippen molar-refractivity contribution in [3.8, 4) is 0 Å². The molecule has 32 heavy (non-hydrogen) atoms. The molecule has 170 valence electrons. The van der Waals surface area contributed by atoms with Gasteiger partial charge in [0, 0.05) is 29.8 Å². The SMILES string of the molecule is CCCN(CCC)[C@@H]1Cc2c(C(=O)OCC)ccc3c2[C@@H](C1)CN3C(=O)c1ccccc1. The highest BCUT2D eigenvalue weighted by Gasteiger charge is 2.41. The minimum atomic E-state index is -0.255.